The third-order valence-electron chi connectivity index (χ3n) is 7.41. The van der Waals surface area contributed by atoms with Crippen molar-refractivity contribution in [1.29, 1.82) is 0 Å². The summed E-state index contributed by atoms with van der Waals surface area (Å²) >= 11 is 0. The Labute approximate surface area is 196 Å². The number of nitrogens with one attached hydrogen (secondary N) is 1. The molecule has 3 aromatic rings. The average Bonchev–Trinajstić information content (AvgIpc) is 3.46. The Morgan fingerprint density at radius 3 is 2.33 bits per heavy atom. The first-order valence-corrected chi connectivity index (χ1v) is 12.1. The van der Waals surface area contributed by atoms with E-state index in [1.165, 1.54) is 36.8 Å². The van der Waals surface area contributed by atoms with Crippen molar-refractivity contribution in [1.82, 2.24) is 10.3 Å². The topological polar surface area (TPSA) is 51.2 Å². The zero-order valence-corrected chi connectivity index (χ0v) is 19.5. The summed E-state index contributed by atoms with van der Waals surface area (Å²) in [5.74, 6) is 2.30. The van der Waals surface area contributed by atoms with Crippen LogP contribution >= 0.6 is 0 Å². The Balaban J connectivity index is 1.40. The number of hydrogen-bond donors (Lipinski definition) is 1. The van der Waals surface area contributed by atoms with Gasteiger partial charge in [0.15, 0.2) is 0 Å². The van der Waals surface area contributed by atoms with Crippen molar-refractivity contribution < 1.29 is 9.53 Å². The number of nitrogens with zero attached hydrogens (tertiary/aromatic N) is 1. The molecule has 0 saturated heterocycles. The second-order valence-corrected chi connectivity index (χ2v) is 9.89. The van der Waals surface area contributed by atoms with Crippen molar-refractivity contribution in [3.05, 3.63) is 95.3 Å². The van der Waals surface area contributed by atoms with Gasteiger partial charge >= 0.3 is 0 Å². The monoisotopic (exact) mass is 440 g/mol. The molecule has 4 nitrogen and oxygen atoms in total. The van der Waals surface area contributed by atoms with Gasteiger partial charge in [-0.3, -0.25) is 9.78 Å². The molecule has 1 N–H and O–H groups in total. The lowest BCUT2D eigenvalue weighted by Gasteiger charge is -2.39. The molecule has 0 radical (unpaired) electrons. The fourth-order valence-corrected chi connectivity index (χ4v) is 5.96. The lowest BCUT2D eigenvalue weighted by atomic mass is 9.64. The van der Waals surface area contributed by atoms with E-state index in [0.717, 1.165) is 22.9 Å². The number of pyridine rings is 1. The molecular formula is C29H32N2O2. The Hall–Kier alpha value is -3.14. The van der Waals surface area contributed by atoms with E-state index in [4.69, 9.17) is 4.74 Å². The molecule has 2 fully saturated rings. The lowest BCUT2D eigenvalue weighted by Crippen LogP contribution is -2.34. The molecule has 2 bridgehead atoms. The quantitative estimate of drug-likeness (QED) is 0.497. The lowest BCUT2D eigenvalue weighted by molar-refractivity contribution is 0.0943. The van der Waals surface area contributed by atoms with Gasteiger partial charge < -0.3 is 10.1 Å². The largest absolute Gasteiger partial charge is 0.487 e. The fourth-order valence-electron chi connectivity index (χ4n) is 5.96. The first-order chi connectivity index (χ1) is 16.0. The zero-order valence-electron chi connectivity index (χ0n) is 19.5. The molecule has 2 aliphatic carbocycles. The molecule has 2 aromatic carbocycles. The number of benzene rings is 2. The van der Waals surface area contributed by atoms with E-state index in [1.807, 2.05) is 44.2 Å². The van der Waals surface area contributed by atoms with E-state index in [0.29, 0.717) is 12.5 Å². The van der Waals surface area contributed by atoms with Gasteiger partial charge in [-0.1, -0.05) is 36.8 Å². The third-order valence-corrected chi connectivity index (χ3v) is 7.41. The minimum Gasteiger partial charge on any atom is -0.487 e. The molecule has 1 aromatic heterocycles. The number of fused-ring (bicyclic) bond motifs is 2. The van der Waals surface area contributed by atoms with Gasteiger partial charge in [0, 0.05) is 23.2 Å². The van der Waals surface area contributed by atoms with Gasteiger partial charge in [-0.2, -0.15) is 0 Å². The Morgan fingerprint density at radius 1 is 1.03 bits per heavy atom. The van der Waals surface area contributed by atoms with Crippen LogP contribution in [-0.4, -0.2) is 16.9 Å². The van der Waals surface area contributed by atoms with Crippen LogP contribution in [0.5, 0.6) is 5.75 Å². The Kier molecular flexibility index (Phi) is 5.92. The van der Waals surface area contributed by atoms with Crippen molar-refractivity contribution in [2.24, 2.45) is 11.8 Å². The molecule has 1 heterocycles. The van der Waals surface area contributed by atoms with Crippen LogP contribution in [-0.2, 0) is 12.0 Å². The first-order valence-electron chi connectivity index (χ1n) is 12.1. The van der Waals surface area contributed by atoms with Gasteiger partial charge in [0.25, 0.3) is 5.91 Å². The Bertz CT molecular complexity index is 1090. The second kappa shape index (κ2) is 9.01. The predicted octanol–water partition coefficient (Wildman–Crippen LogP) is 5.90. The molecule has 3 atom stereocenters. The summed E-state index contributed by atoms with van der Waals surface area (Å²) in [5.41, 5.74) is 4.36. The van der Waals surface area contributed by atoms with E-state index in [9.17, 15) is 4.79 Å². The number of carbonyl (C=O) groups excluding carboxylic acids is 1. The first kappa shape index (κ1) is 21.7. The summed E-state index contributed by atoms with van der Waals surface area (Å²) in [7, 11) is 0. The van der Waals surface area contributed by atoms with Crippen LogP contribution in [0.4, 0.5) is 0 Å². The van der Waals surface area contributed by atoms with Crippen molar-refractivity contribution >= 4 is 5.91 Å². The highest BCUT2D eigenvalue weighted by Gasteiger charge is 2.52. The van der Waals surface area contributed by atoms with E-state index in [1.54, 1.807) is 6.20 Å². The summed E-state index contributed by atoms with van der Waals surface area (Å²) in [6.45, 7) is 4.44. The summed E-state index contributed by atoms with van der Waals surface area (Å²) in [6, 6.07) is 23.0. The van der Waals surface area contributed by atoms with Crippen molar-refractivity contribution in [3.8, 4) is 5.75 Å². The van der Waals surface area contributed by atoms with Crippen LogP contribution < -0.4 is 10.1 Å². The number of amides is 1. The van der Waals surface area contributed by atoms with Gasteiger partial charge in [-0.05, 0) is 92.5 Å². The molecule has 0 aliphatic heterocycles. The van der Waals surface area contributed by atoms with Crippen LogP contribution in [0.25, 0.3) is 0 Å². The summed E-state index contributed by atoms with van der Waals surface area (Å²) in [6.07, 6.45) is 6.89. The fraction of sp³-hybridized carbons (Fsp3) is 0.379. The van der Waals surface area contributed by atoms with Gasteiger partial charge in [0.05, 0.1) is 5.69 Å². The smallest absolute Gasteiger partial charge is 0.251 e. The van der Waals surface area contributed by atoms with E-state index < -0.39 is 0 Å². The molecule has 1 amide bonds. The number of rotatable bonds is 7. The van der Waals surface area contributed by atoms with E-state index >= 15 is 0 Å². The van der Waals surface area contributed by atoms with E-state index in [2.05, 4.69) is 46.7 Å². The SMILES string of the molecule is CC(C)NC(=O)c1ccc([C@]2(c3ccc(OCc4ccccn4)cc3)C[C@@H]3CC[C@H]2C3)cc1. The average molecular weight is 441 g/mol. The molecule has 4 heteroatoms. The Morgan fingerprint density at radius 2 is 1.76 bits per heavy atom. The summed E-state index contributed by atoms with van der Waals surface area (Å²) in [4.78, 5) is 16.8. The third kappa shape index (κ3) is 4.27. The zero-order chi connectivity index (χ0) is 22.8. The molecule has 2 aliphatic rings. The molecule has 0 spiro atoms. The normalized spacial score (nSPS) is 23.6. The van der Waals surface area contributed by atoms with Crippen LogP contribution in [0, 0.1) is 11.8 Å². The molecule has 5 rings (SSSR count). The standard InChI is InChI=1S/C29H32N2O2/c1-20(2)31-28(32)22-7-10-23(11-8-22)29(18-21-6-9-25(29)17-21)24-12-14-27(15-13-24)33-19-26-5-3-4-16-30-26/h3-5,7-8,10-16,20-21,25H,6,9,17-19H2,1-2H3,(H,31,32)/t21-,25+,29+/m1/s1. The van der Waals surface area contributed by atoms with Crippen molar-refractivity contribution in [2.75, 3.05) is 0 Å². The molecule has 33 heavy (non-hydrogen) atoms. The van der Waals surface area contributed by atoms with Gasteiger partial charge in [0.2, 0.25) is 0 Å². The van der Waals surface area contributed by atoms with Gasteiger partial charge in [-0.25, -0.2) is 0 Å². The van der Waals surface area contributed by atoms with Gasteiger partial charge in [-0.15, -0.1) is 0 Å². The summed E-state index contributed by atoms with van der Waals surface area (Å²) < 4.78 is 5.98. The number of hydrogen-bond acceptors (Lipinski definition) is 3. The number of aromatic nitrogens is 1. The highest BCUT2D eigenvalue weighted by Crippen LogP contribution is 2.60. The molecule has 2 saturated carbocycles. The van der Waals surface area contributed by atoms with Crippen LogP contribution in [0.2, 0.25) is 0 Å². The van der Waals surface area contributed by atoms with Crippen LogP contribution in [0.1, 0.15) is 66.7 Å². The van der Waals surface area contributed by atoms with E-state index in [-0.39, 0.29) is 17.4 Å². The summed E-state index contributed by atoms with van der Waals surface area (Å²) in [5, 5.41) is 2.99. The molecular weight excluding hydrogens is 408 g/mol. The van der Waals surface area contributed by atoms with Gasteiger partial charge in [0.1, 0.15) is 12.4 Å². The maximum Gasteiger partial charge on any atom is 0.251 e. The minimum absolute atomic E-state index is 0.00653. The molecule has 170 valence electrons. The molecule has 0 unspecified atom stereocenters. The second-order valence-electron chi connectivity index (χ2n) is 9.89. The van der Waals surface area contributed by atoms with Crippen molar-refractivity contribution in [3.63, 3.8) is 0 Å². The van der Waals surface area contributed by atoms with Crippen LogP contribution in [0.15, 0.2) is 72.9 Å². The number of carbonyl (C=O) groups is 1. The van der Waals surface area contributed by atoms with Crippen LogP contribution in [0.3, 0.4) is 0 Å². The predicted molar refractivity (Wildman–Crippen MR) is 130 cm³/mol. The highest BCUT2D eigenvalue weighted by atomic mass is 16.5. The highest BCUT2D eigenvalue weighted by molar-refractivity contribution is 5.94. The minimum atomic E-state index is -0.00653. The van der Waals surface area contributed by atoms with Crippen molar-refractivity contribution in [2.45, 2.75) is 57.6 Å². The maximum atomic E-state index is 12.4. The number of ether oxygens (including phenoxy) is 1. The maximum absolute atomic E-state index is 12.4.